The van der Waals surface area contributed by atoms with Gasteiger partial charge in [0.25, 0.3) is 5.56 Å². The standard InChI is InChI=1S/C26H30N6O2/c1-2-34-21-12-13-23-20(16-21)17-22(26(33)27-23)24(31-14-8-3-4-9-15-31)25-28-29-30-32(25)18-19-10-6-5-7-11-19/h5-7,10-13,16-17,24H,2-4,8-9,14-15,18H2,1H3,(H,27,33). The number of tetrazole rings is 1. The highest BCUT2D eigenvalue weighted by Crippen LogP contribution is 2.30. The SMILES string of the molecule is CCOc1ccc2[nH]c(=O)c(C(c3nnnn3Cc3ccccc3)N3CCCCCC3)cc2c1. The smallest absolute Gasteiger partial charge is 0.253 e. The van der Waals surface area contributed by atoms with E-state index in [4.69, 9.17) is 4.74 Å². The number of benzene rings is 2. The average Bonchev–Trinajstić information content (AvgIpc) is 3.12. The lowest BCUT2D eigenvalue weighted by Crippen LogP contribution is -2.36. The molecular formula is C26H30N6O2. The lowest BCUT2D eigenvalue weighted by molar-refractivity contribution is 0.220. The minimum atomic E-state index is -0.333. The molecule has 1 saturated heterocycles. The van der Waals surface area contributed by atoms with Crippen LogP contribution in [-0.4, -0.2) is 49.8 Å². The molecule has 0 amide bonds. The highest BCUT2D eigenvalue weighted by atomic mass is 16.5. The van der Waals surface area contributed by atoms with E-state index >= 15 is 0 Å². The van der Waals surface area contributed by atoms with Crippen LogP contribution in [0.1, 0.15) is 55.6 Å². The maximum absolute atomic E-state index is 13.4. The fraction of sp³-hybridized carbons (Fsp3) is 0.385. The largest absolute Gasteiger partial charge is 0.494 e. The molecular weight excluding hydrogens is 428 g/mol. The third-order valence-electron chi connectivity index (χ3n) is 6.44. The maximum atomic E-state index is 13.4. The van der Waals surface area contributed by atoms with Crippen molar-refractivity contribution >= 4 is 10.9 Å². The summed E-state index contributed by atoms with van der Waals surface area (Å²) in [6.45, 7) is 4.91. The van der Waals surface area contributed by atoms with Crippen molar-refractivity contribution in [1.82, 2.24) is 30.1 Å². The van der Waals surface area contributed by atoms with Crippen molar-refractivity contribution in [2.45, 2.75) is 45.2 Å². The van der Waals surface area contributed by atoms with Crippen LogP contribution in [0.4, 0.5) is 0 Å². The first kappa shape index (κ1) is 22.3. The Morgan fingerprint density at radius 1 is 1.03 bits per heavy atom. The summed E-state index contributed by atoms with van der Waals surface area (Å²) < 4.78 is 7.52. The van der Waals surface area contributed by atoms with Gasteiger partial charge in [-0.3, -0.25) is 9.69 Å². The Morgan fingerprint density at radius 2 is 1.82 bits per heavy atom. The lowest BCUT2D eigenvalue weighted by Gasteiger charge is -2.29. The van der Waals surface area contributed by atoms with Gasteiger partial charge in [0.1, 0.15) is 11.8 Å². The molecule has 34 heavy (non-hydrogen) atoms. The minimum absolute atomic E-state index is 0.111. The predicted octanol–water partition coefficient (Wildman–Crippen LogP) is 3.93. The van der Waals surface area contributed by atoms with Gasteiger partial charge in [-0.2, -0.15) is 0 Å². The summed E-state index contributed by atoms with van der Waals surface area (Å²) in [5.41, 5.74) is 2.45. The molecule has 8 heteroatoms. The number of hydrogen-bond donors (Lipinski definition) is 1. The summed E-state index contributed by atoms with van der Waals surface area (Å²) >= 11 is 0. The first-order chi connectivity index (χ1) is 16.7. The van der Waals surface area contributed by atoms with Crippen LogP contribution in [-0.2, 0) is 6.54 Å². The summed E-state index contributed by atoms with van der Waals surface area (Å²) in [5, 5.41) is 13.7. The number of aromatic amines is 1. The van der Waals surface area contributed by atoms with Crippen LogP contribution in [0.2, 0.25) is 0 Å². The fourth-order valence-corrected chi connectivity index (χ4v) is 4.79. The number of ether oxygens (including phenoxy) is 1. The van der Waals surface area contributed by atoms with Crippen LogP contribution in [0.25, 0.3) is 10.9 Å². The van der Waals surface area contributed by atoms with E-state index in [2.05, 4.69) is 37.5 Å². The van der Waals surface area contributed by atoms with Crippen molar-refractivity contribution in [2.24, 2.45) is 0 Å². The Hall–Kier alpha value is -3.52. The van der Waals surface area contributed by atoms with E-state index in [1.54, 1.807) is 0 Å². The van der Waals surface area contributed by atoms with Crippen LogP contribution < -0.4 is 10.3 Å². The van der Waals surface area contributed by atoms with Crippen molar-refractivity contribution in [3.05, 3.63) is 81.9 Å². The third-order valence-corrected chi connectivity index (χ3v) is 6.44. The Bertz CT molecular complexity index is 1290. The van der Waals surface area contributed by atoms with Crippen molar-refractivity contribution in [3.8, 4) is 5.75 Å². The van der Waals surface area contributed by atoms with E-state index in [1.165, 1.54) is 12.8 Å². The molecule has 0 aliphatic carbocycles. The Labute approximate surface area is 198 Å². The van der Waals surface area contributed by atoms with Gasteiger partial charge >= 0.3 is 0 Å². The number of aromatic nitrogens is 5. The van der Waals surface area contributed by atoms with Gasteiger partial charge in [0, 0.05) is 16.5 Å². The zero-order valence-corrected chi connectivity index (χ0v) is 19.5. The monoisotopic (exact) mass is 458 g/mol. The molecule has 3 heterocycles. The molecule has 2 aromatic carbocycles. The quantitative estimate of drug-likeness (QED) is 0.451. The first-order valence-electron chi connectivity index (χ1n) is 12.1. The van der Waals surface area contributed by atoms with Gasteiger partial charge in [0.2, 0.25) is 0 Å². The van der Waals surface area contributed by atoms with E-state index in [9.17, 15) is 4.79 Å². The van der Waals surface area contributed by atoms with Gasteiger partial charge in [0.05, 0.1) is 13.2 Å². The number of likely N-dealkylation sites (tertiary alicyclic amines) is 1. The zero-order chi connectivity index (χ0) is 23.3. The number of H-pyrrole nitrogens is 1. The van der Waals surface area contributed by atoms with Crippen molar-refractivity contribution in [2.75, 3.05) is 19.7 Å². The van der Waals surface area contributed by atoms with Crippen LogP contribution in [0.3, 0.4) is 0 Å². The summed E-state index contributed by atoms with van der Waals surface area (Å²) in [5.74, 6) is 1.48. The van der Waals surface area contributed by atoms with E-state index in [0.717, 1.165) is 48.1 Å². The molecule has 0 radical (unpaired) electrons. The van der Waals surface area contributed by atoms with Crippen LogP contribution in [0.5, 0.6) is 5.75 Å². The molecule has 5 rings (SSSR count). The maximum Gasteiger partial charge on any atom is 0.253 e. The van der Waals surface area contributed by atoms with Crippen molar-refractivity contribution in [1.29, 1.82) is 0 Å². The number of nitrogens with zero attached hydrogens (tertiary/aromatic N) is 5. The van der Waals surface area contributed by atoms with E-state index in [-0.39, 0.29) is 11.6 Å². The van der Waals surface area contributed by atoms with Crippen LogP contribution >= 0.6 is 0 Å². The lowest BCUT2D eigenvalue weighted by atomic mass is 10.0. The topological polar surface area (TPSA) is 88.9 Å². The van der Waals surface area contributed by atoms with Crippen molar-refractivity contribution < 1.29 is 4.74 Å². The molecule has 1 unspecified atom stereocenters. The molecule has 0 bridgehead atoms. The highest BCUT2D eigenvalue weighted by molar-refractivity contribution is 5.80. The molecule has 1 aliphatic rings. The van der Waals surface area contributed by atoms with Crippen LogP contribution in [0, 0.1) is 0 Å². The molecule has 0 saturated carbocycles. The molecule has 8 nitrogen and oxygen atoms in total. The molecule has 1 aliphatic heterocycles. The molecule has 176 valence electrons. The zero-order valence-electron chi connectivity index (χ0n) is 19.5. The highest BCUT2D eigenvalue weighted by Gasteiger charge is 2.31. The molecule has 0 spiro atoms. The summed E-state index contributed by atoms with van der Waals surface area (Å²) in [6, 6.07) is 17.5. The Kier molecular flexibility index (Phi) is 6.67. The second-order valence-corrected chi connectivity index (χ2v) is 8.77. The number of nitrogens with one attached hydrogen (secondary N) is 1. The molecule has 1 fully saturated rings. The third kappa shape index (κ3) is 4.72. The van der Waals surface area contributed by atoms with E-state index in [0.29, 0.717) is 24.5 Å². The average molecular weight is 459 g/mol. The number of pyridine rings is 1. The Balaban J connectivity index is 1.61. The molecule has 2 aromatic heterocycles. The predicted molar refractivity (Wildman–Crippen MR) is 131 cm³/mol. The Morgan fingerprint density at radius 3 is 2.59 bits per heavy atom. The summed E-state index contributed by atoms with van der Waals surface area (Å²) in [7, 11) is 0. The van der Waals surface area contributed by atoms with Gasteiger partial charge in [-0.1, -0.05) is 43.2 Å². The number of hydrogen-bond acceptors (Lipinski definition) is 6. The molecule has 1 N–H and O–H groups in total. The van der Waals surface area contributed by atoms with Gasteiger partial charge < -0.3 is 9.72 Å². The second kappa shape index (κ2) is 10.2. The molecule has 4 aromatic rings. The summed E-state index contributed by atoms with van der Waals surface area (Å²) in [6.07, 6.45) is 4.58. The minimum Gasteiger partial charge on any atom is -0.494 e. The van der Waals surface area contributed by atoms with E-state index in [1.807, 2.05) is 54.1 Å². The first-order valence-corrected chi connectivity index (χ1v) is 12.1. The molecule has 1 atom stereocenters. The number of fused-ring (bicyclic) bond motifs is 1. The summed E-state index contributed by atoms with van der Waals surface area (Å²) in [4.78, 5) is 18.8. The normalized spacial score (nSPS) is 15.8. The number of rotatable bonds is 7. The van der Waals surface area contributed by atoms with Gasteiger partial charge in [-0.05, 0) is 73.1 Å². The fourth-order valence-electron chi connectivity index (χ4n) is 4.79. The van der Waals surface area contributed by atoms with Gasteiger partial charge in [-0.15, -0.1) is 5.10 Å². The van der Waals surface area contributed by atoms with E-state index < -0.39 is 0 Å². The van der Waals surface area contributed by atoms with Gasteiger partial charge in [-0.25, -0.2) is 4.68 Å². The van der Waals surface area contributed by atoms with Crippen molar-refractivity contribution in [3.63, 3.8) is 0 Å². The van der Waals surface area contributed by atoms with Crippen LogP contribution in [0.15, 0.2) is 59.4 Å². The van der Waals surface area contributed by atoms with Gasteiger partial charge in [0.15, 0.2) is 5.82 Å². The second-order valence-electron chi connectivity index (χ2n) is 8.77.